The Morgan fingerprint density at radius 3 is 2.57 bits per heavy atom. The molecule has 2 aromatic rings. The number of alkyl halides is 1. The van der Waals surface area contributed by atoms with Crippen LogP contribution in [0.15, 0.2) is 45.3 Å². The first-order valence-electron chi connectivity index (χ1n) is 6.85. The van der Waals surface area contributed by atoms with Gasteiger partial charge in [0.05, 0.1) is 11.4 Å². The van der Waals surface area contributed by atoms with Gasteiger partial charge in [0.15, 0.2) is 0 Å². The number of aryl methyl sites for hydroxylation is 1. The highest BCUT2D eigenvalue weighted by atomic mass is 79.9. The number of ether oxygens (including phenoxy) is 1. The van der Waals surface area contributed by atoms with Gasteiger partial charge in [-0.2, -0.15) is 0 Å². The molecule has 0 N–H and O–H groups in total. The minimum atomic E-state index is 0.119. The van der Waals surface area contributed by atoms with E-state index >= 15 is 0 Å². The van der Waals surface area contributed by atoms with E-state index in [-0.39, 0.29) is 4.83 Å². The lowest BCUT2D eigenvalue weighted by Crippen LogP contribution is -1.98. The molecule has 1 atom stereocenters. The van der Waals surface area contributed by atoms with Crippen LogP contribution in [0.4, 0.5) is 0 Å². The Kier molecular flexibility index (Phi) is 6.33. The lowest BCUT2D eigenvalue weighted by molar-refractivity contribution is 0.317. The molecular formula is C17H17Br3O. The van der Waals surface area contributed by atoms with Crippen LogP contribution in [0.25, 0.3) is 0 Å². The van der Waals surface area contributed by atoms with Crippen molar-refractivity contribution in [3.63, 3.8) is 0 Å². The third-order valence-electron chi connectivity index (χ3n) is 3.17. The monoisotopic (exact) mass is 474 g/mol. The minimum absolute atomic E-state index is 0.119. The smallest absolute Gasteiger partial charge is 0.119 e. The van der Waals surface area contributed by atoms with Gasteiger partial charge in [0.25, 0.3) is 0 Å². The summed E-state index contributed by atoms with van der Waals surface area (Å²) < 4.78 is 7.93. The van der Waals surface area contributed by atoms with Crippen molar-refractivity contribution in [3.05, 3.63) is 62.0 Å². The quantitative estimate of drug-likeness (QED) is 0.431. The highest BCUT2D eigenvalue weighted by Crippen LogP contribution is 2.38. The first-order valence-corrected chi connectivity index (χ1v) is 9.35. The molecule has 0 aliphatic heterocycles. The predicted octanol–water partition coefficient (Wildman–Crippen LogP) is 6.79. The molecule has 0 aliphatic carbocycles. The van der Waals surface area contributed by atoms with Gasteiger partial charge in [0.1, 0.15) is 5.75 Å². The van der Waals surface area contributed by atoms with Gasteiger partial charge in [-0.05, 0) is 54.3 Å². The van der Waals surface area contributed by atoms with Crippen molar-refractivity contribution in [2.24, 2.45) is 0 Å². The van der Waals surface area contributed by atoms with Gasteiger partial charge in [-0.25, -0.2) is 0 Å². The Morgan fingerprint density at radius 1 is 1.10 bits per heavy atom. The third kappa shape index (κ3) is 4.33. The predicted molar refractivity (Wildman–Crippen MR) is 99.6 cm³/mol. The zero-order valence-electron chi connectivity index (χ0n) is 12.0. The maximum absolute atomic E-state index is 5.71. The van der Waals surface area contributed by atoms with Crippen LogP contribution in [-0.4, -0.2) is 6.61 Å². The van der Waals surface area contributed by atoms with Crippen molar-refractivity contribution >= 4 is 47.8 Å². The molecular weight excluding hydrogens is 460 g/mol. The third-order valence-corrected chi connectivity index (χ3v) is 5.74. The maximum atomic E-state index is 5.71. The lowest BCUT2D eigenvalue weighted by atomic mass is 10.0. The molecule has 0 heterocycles. The van der Waals surface area contributed by atoms with Crippen LogP contribution >= 0.6 is 47.8 Å². The number of rotatable bonds is 5. The van der Waals surface area contributed by atoms with Crippen molar-refractivity contribution in [2.45, 2.75) is 25.1 Å². The Hall–Kier alpha value is -0.320. The molecule has 0 saturated heterocycles. The second kappa shape index (κ2) is 7.80. The van der Waals surface area contributed by atoms with Gasteiger partial charge >= 0.3 is 0 Å². The molecule has 2 aromatic carbocycles. The summed E-state index contributed by atoms with van der Waals surface area (Å²) in [5.41, 5.74) is 3.59. The fourth-order valence-electron chi connectivity index (χ4n) is 2.02. The zero-order valence-corrected chi connectivity index (χ0v) is 16.8. The van der Waals surface area contributed by atoms with Crippen LogP contribution in [0.3, 0.4) is 0 Å². The fourth-order valence-corrected chi connectivity index (χ4v) is 4.04. The van der Waals surface area contributed by atoms with Crippen LogP contribution in [0.1, 0.15) is 34.9 Å². The molecule has 0 bridgehead atoms. The van der Waals surface area contributed by atoms with Crippen LogP contribution in [0.2, 0.25) is 0 Å². The van der Waals surface area contributed by atoms with E-state index < -0.39 is 0 Å². The van der Waals surface area contributed by atoms with E-state index in [1.54, 1.807) is 0 Å². The number of halogens is 3. The molecule has 0 aromatic heterocycles. The van der Waals surface area contributed by atoms with Crippen molar-refractivity contribution in [3.8, 4) is 5.75 Å². The van der Waals surface area contributed by atoms with Crippen molar-refractivity contribution < 1.29 is 4.74 Å². The second-order valence-corrected chi connectivity index (χ2v) is 7.53. The Labute approximate surface area is 151 Å². The summed E-state index contributed by atoms with van der Waals surface area (Å²) in [6.07, 6.45) is 1.01. The second-order valence-electron chi connectivity index (χ2n) is 4.91. The van der Waals surface area contributed by atoms with E-state index in [1.165, 1.54) is 16.7 Å². The molecule has 1 unspecified atom stereocenters. The summed E-state index contributed by atoms with van der Waals surface area (Å²) in [4.78, 5) is 0.119. The van der Waals surface area contributed by atoms with E-state index in [0.29, 0.717) is 0 Å². The molecule has 0 saturated carbocycles. The van der Waals surface area contributed by atoms with Gasteiger partial charge in [0, 0.05) is 8.95 Å². The van der Waals surface area contributed by atoms with Gasteiger partial charge in [-0.1, -0.05) is 66.8 Å². The molecule has 1 nitrogen and oxygen atoms in total. The molecule has 2 rings (SSSR count). The van der Waals surface area contributed by atoms with Crippen LogP contribution in [0.5, 0.6) is 5.75 Å². The summed E-state index contributed by atoms with van der Waals surface area (Å²) in [6.45, 7) is 4.94. The Balaban J connectivity index is 2.31. The molecule has 0 spiro atoms. The van der Waals surface area contributed by atoms with Crippen LogP contribution in [-0.2, 0) is 0 Å². The van der Waals surface area contributed by atoms with Gasteiger partial charge < -0.3 is 4.74 Å². The van der Waals surface area contributed by atoms with Crippen LogP contribution < -0.4 is 4.74 Å². The minimum Gasteiger partial charge on any atom is -0.494 e. The highest BCUT2D eigenvalue weighted by molar-refractivity contribution is 9.11. The van der Waals surface area contributed by atoms with Gasteiger partial charge in [-0.15, -0.1) is 0 Å². The molecule has 21 heavy (non-hydrogen) atoms. The highest BCUT2D eigenvalue weighted by Gasteiger charge is 2.15. The summed E-state index contributed by atoms with van der Waals surface area (Å²) in [5, 5.41) is 0. The SMILES string of the molecule is CCCOc1cccc(C(Br)c2cc(Br)c(C)cc2Br)c1. The van der Waals surface area contributed by atoms with E-state index in [9.17, 15) is 0 Å². The Bertz CT molecular complexity index is 625. The standard InChI is InChI=1S/C17H17Br3O/c1-3-7-21-13-6-4-5-12(9-13)17(20)14-10-15(18)11(2)8-16(14)19/h4-6,8-10,17H,3,7H2,1-2H3. The largest absolute Gasteiger partial charge is 0.494 e. The fraction of sp³-hybridized carbons (Fsp3) is 0.294. The normalized spacial score (nSPS) is 12.2. The van der Waals surface area contributed by atoms with E-state index in [2.05, 4.69) is 85.9 Å². The van der Waals surface area contributed by atoms with Gasteiger partial charge in [-0.3, -0.25) is 0 Å². The first-order chi connectivity index (χ1) is 10.0. The average molecular weight is 477 g/mol. The van der Waals surface area contributed by atoms with Crippen molar-refractivity contribution in [1.82, 2.24) is 0 Å². The summed E-state index contributed by atoms with van der Waals surface area (Å²) in [5.74, 6) is 0.918. The molecule has 0 radical (unpaired) electrons. The Morgan fingerprint density at radius 2 is 1.86 bits per heavy atom. The molecule has 4 heteroatoms. The van der Waals surface area contributed by atoms with Crippen LogP contribution in [0, 0.1) is 6.92 Å². The summed E-state index contributed by atoms with van der Waals surface area (Å²) in [7, 11) is 0. The number of benzene rings is 2. The lowest BCUT2D eigenvalue weighted by Gasteiger charge is -2.15. The topological polar surface area (TPSA) is 9.23 Å². The van der Waals surface area contributed by atoms with Crippen molar-refractivity contribution in [2.75, 3.05) is 6.61 Å². The van der Waals surface area contributed by atoms with E-state index in [1.807, 2.05) is 12.1 Å². The zero-order chi connectivity index (χ0) is 15.4. The van der Waals surface area contributed by atoms with E-state index in [0.717, 1.165) is 27.7 Å². The number of hydrogen-bond acceptors (Lipinski definition) is 1. The molecule has 0 aliphatic rings. The van der Waals surface area contributed by atoms with E-state index in [4.69, 9.17) is 4.74 Å². The average Bonchev–Trinajstić information content (AvgIpc) is 2.48. The molecule has 0 fully saturated rings. The summed E-state index contributed by atoms with van der Waals surface area (Å²) >= 11 is 11.1. The maximum Gasteiger partial charge on any atom is 0.119 e. The van der Waals surface area contributed by atoms with Crippen molar-refractivity contribution in [1.29, 1.82) is 0 Å². The number of hydrogen-bond donors (Lipinski definition) is 0. The molecule has 112 valence electrons. The summed E-state index contributed by atoms with van der Waals surface area (Å²) in [6, 6.07) is 12.5. The first kappa shape index (κ1) is 17.0. The van der Waals surface area contributed by atoms with Gasteiger partial charge in [0.2, 0.25) is 0 Å². The molecule has 0 amide bonds.